The fourth-order valence-electron chi connectivity index (χ4n) is 2.80. The molecule has 7 nitrogen and oxygen atoms in total. The zero-order valence-corrected chi connectivity index (χ0v) is 20.9. The number of carbonyl (C=O) groups excluding carboxylic acids is 2. The molecule has 168 valence electrons. The van der Waals surface area contributed by atoms with Gasteiger partial charge in [0.25, 0.3) is 11.8 Å². The molecule has 0 aliphatic carbocycles. The topological polar surface area (TPSA) is 77.1 Å². The summed E-state index contributed by atoms with van der Waals surface area (Å²) in [4.78, 5) is 26.5. The van der Waals surface area contributed by atoms with Crippen LogP contribution in [-0.4, -0.2) is 48.4 Å². The van der Waals surface area contributed by atoms with Gasteiger partial charge in [0.15, 0.2) is 18.1 Å². The second-order valence-corrected chi connectivity index (χ2v) is 9.10. The van der Waals surface area contributed by atoms with E-state index in [-0.39, 0.29) is 18.4 Å². The number of methoxy groups -OCH3 is 1. The van der Waals surface area contributed by atoms with Crippen LogP contribution in [0.4, 0.5) is 5.69 Å². The van der Waals surface area contributed by atoms with Crippen molar-refractivity contribution in [2.75, 3.05) is 32.7 Å². The first-order valence-electron chi connectivity index (χ1n) is 9.57. The van der Waals surface area contributed by atoms with E-state index < -0.39 is 0 Å². The molecule has 0 unspecified atom stereocenters. The first-order chi connectivity index (χ1) is 15.3. The highest BCUT2D eigenvalue weighted by Crippen LogP contribution is 2.39. The molecule has 3 rings (SSSR count). The highest BCUT2D eigenvalue weighted by Gasteiger charge is 2.28. The summed E-state index contributed by atoms with van der Waals surface area (Å²) in [6, 6.07) is 10.6. The van der Waals surface area contributed by atoms with Crippen LogP contribution in [0.2, 0.25) is 0 Å². The number of rotatable bonds is 8. The van der Waals surface area contributed by atoms with Crippen LogP contribution in [0.3, 0.4) is 0 Å². The molecule has 1 fully saturated rings. The lowest BCUT2D eigenvalue weighted by atomic mass is 10.2. The van der Waals surface area contributed by atoms with Gasteiger partial charge in [-0.1, -0.05) is 24.0 Å². The van der Waals surface area contributed by atoms with Crippen LogP contribution in [0.5, 0.6) is 17.2 Å². The molecule has 32 heavy (non-hydrogen) atoms. The van der Waals surface area contributed by atoms with Crippen LogP contribution in [0, 0.1) is 0 Å². The number of hydrogen-bond acceptors (Lipinski definition) is 7. The van der Waals surface area contributed by atoms with Crippen molar-refractivity contribution in [3.63, 3.8) is 0 Å². The van der Waals surface area contributed by atoms with E-state index in [1.807, 2.05) is 6.92 Å². The van der Waals surface area contributed by atoms with Crippen molar-refractivity contribution < 1.29 is 23.8 Å². The van der Waals surface area contributed by atoms with Gasteiger partial charge in [-0.05, 0) is 70.9 Å². The highest BCUT2D eigenvalue weighted by molar-refractivity contribution is 9.10. The Balaban J connectivity index is 1.68. The van der Waals surface area contributed by atoms with Crippen molar-refractivity contribution in [2.24, 2.45) is 0 Å². The summed E-state index contributed by atoms with van der Waals surface area (Å²) < 4.78 is 17.6. The Bertz CT molecular complexity index is 1070. The van der Waals surface area contributed by atoms with E-state index in [0.717, 1.165) is 11.3 Å². The van der Waals surface area contributed by atoms with Crippen LogP contribution < -0.4 is 19.5 Å². The van der Waals surface area contributed by atoms with Gasteiger partial charge < -0.3 is 19.5 Å². The van der Waals surface area contributed by atoms with E-state index >= 15 is 0 Å². The third kappa shape index (κ3) is 5.81. The highest BCUT2D eigenvalue weighted by atomic mass is 79.9. The van der Waals surface area contributed by atoms with Crippen molar-refractivity contribution >= 4 is 67.8 Å². The van der Waals surface area contributed by atoms with Gasteiger partial charge in [-0.3, -0.25) is 14.5 Å². The average molecular weight is 537 g/mol. The number of amides is 2. The van der Waals surface area contributed by atoms with Crippen LogP contribution in [0.15, 0.2) is 45.8 Å². The summed E-state index contributed by atoms with van der Waals surface area (Å²) in [5.41, 5.74) is 1.37. The molecule has 0 radical (unpaired) electrons. The maximum Gasteiger partial charge on any atom is 0.265 e. The molecule has 1 aliphatic heterocycles. The fourth-order valence-corrected chi connectivity index (χ4v) is 4.55. The molecule has 2 amide bonds. The predicted molar refractivity (Wildman–Crippen MR) is 133 cm³/mol. The number of nitrogens with zero attached hydrogens (tertiary/aromatic N) is 1. The number of halogens is 1. The Morgan fingerprint density at radius 3 is 2.56 bits per heavy atom. The minimum atomic E-state index is -0.321. The Hall–Kier alpha value is -2.56. The lowest BCUT2D eigenvalue weighted by Gasteiger charge is -2.14. The minimum absolute atomic E-state index is 0.152. The number of hydrogen-bond donors (Lipinski definition) is 1. The molecule has 0 saturated carbocycles. The third-order valence-electron chi connectivity index (χ3n) is 4.33. The Morgan fingerprint density at radius 1 is 1.25 bits per heavy atom. The number of thioether (sulfide) groups is 1. The van der Waals surface area contributed by atoms with E-state index in [1.165, 1.54) is 23.8 Å². The summed E-state index contributed by atoms with van der Waals surface area (Å²) in [5, 5.41) is 2.77. The second-order valence-electron chi connectivity index (χ2n) is 6.57. The first kappa shape index (κ1) is 24.1. The number of carbonyl (C=O) groups is 2. The third-order valence-corrected chi connectivity index (χ3v) is 6.41. The Morgan fingerprint density at radius 2 is 1.97 bits per heavy atom. The lowest BCUT2D eigenvalue weighted by Crippen LogP contribution is -2.22. The van der Waals surface area contributed by atoms with Gasteiger partial charge in [-0.25, -0.2) is 0 Å². The van der Waals surface area contributed by atoms with Crippen molar-refractivity contribution in [2.45, 2.75) is 6.92 Å². The molecular weight excluding hydrogens is 516 g/mol. The molecule has 1 N–H and O–H groups in total. The number of benzene rings is 2. The minimum Gasteiger partial charge on any atom is -0.494 e. The monoisotopic (exact) mass is 536 g/mol. The number of nitrogens with one attached hydrogen (secondary N) is 1. The normalized spacial score (nSPS) is 14.6. The molecule has 0 aromatic heterocycles. The SMILES string of the molecule is CCOc1ccc(NC(=O)COc2c(Br)cc(/C=C3\SC(=S)N(C)C3=O)cc2OC)cc1. The zero-order chi connectivity index (χ0) is 23.3. The maximum absolute atomic E-state index is 12.3. The summed E-state index contributed by atoms with van der Waals surface area (Å²) in [7, 11) is 3.15. The lowest BCUT2D eigenvalue weighted by molar-refractivity contribution is -0.121. The average Bonchev–Trinajstić information content (AvgIpc) is 3.00. The van der Waals surface area contributed by atoms with E-state index in [9.17, 15) is 9.59 Å². The Labute approximate surface area is 204 Å². The van der Waals surface area contributed by atoms with Crippen LogP contribution >= 0.6 is 39.9 Å². The van der Waals surface area contributed by atoms with Gasteiger partial charge in [-0.2, -0.15) is 0 Å². The predicted octanol–water partition coefficient (Wildman–Crippen LogP) is 4.70. The number of thiocarbonyl (C=S) groups is 1. The molecule has 0 atom stereocenters. The number of ether oxygens (including phenoxy) is 3. The quantitative estimate of drug-likeness (QED) is 0.386. The summed E-state index contributed by atoms with van der Waals surface area (Å²) in [5.74, 6) is 1.07. The molecular formula is C22H21BrN2O5S2. The fraction of sp³-hybridized carbons (Fsp3) is 0.227. The van der Waals surface area contributed by atoms with E-state index in [2.05, 4.69) is 21.2 Å². The molecule has 2 aromatic carbocycles. The van der Waals surface area contributed by atoms with Crippen LogP contribution in [0.25, 0.3) is 6.08 Å². The molecule has 1 aliphatic rings. The first-order valence-corrected chi connectivity index (χ1v) is 11.6. The molecule has 10 heteroatoms. The Kier molecular flexibility index (Phi) is 8.16. The molecule has 0 bridgehead atoms. The molecule has 2 aromatic rings. The molecule has 0 spiro atoms. The summed E-state index contributed by atoms with van der Waals surface area (Å²) >= 11 is 9.86. The van der Waals surface area contributed by atoms with E-state index in [4.69, 9.17) is 26.4 Å². The van der Waals surface area contributed by atoms with Crippen LogP contribution in [-0.2, 0) is 9.59 Å². The summed E-state index contributed by atoms with van der Waals surface area (Å²) in [6.45, 7) is 2.27. The van der Waals surface area contributed by atoms with Crippen LogP contribution in [0.1, 0.15) is 12.5 Å². The van der Waals surface area contributed by atoms with Gasteiger partial charge in [0, 0.05) is 12.7 Å². The van der Waals surface area contributed by atoms with Gasteiger partial charge >= 0.3 is 0 Å². The smallest absolute Gasteiger partial charge is 0.265 e. The maximum atomic E-state index is 12.3. The standard InChI is InChI=1S/C22H21BrN2O5S2/c1-4-29-15-7-5-14(6-8-15)24-19(26)12-30-20-16(23)9-13(10-17(20)28-3)11-18-21(27)25(2)22(31)32-18/h5-11H,4,12H2,1-3H3,(H,24,26)/b18-11-. The summed E-state index contributed by atoms with van der Waals surface area (Å²) in [6.07, 6.45) is 1.73. The van der Waals surface area contributed by atoms with Gasteiger partial charge in [-0.15, -0.1) is 0 Å². The van der Waals surface area contributed by atoms with Crippen molar-refractivity contribution in [3.05, 3.63) is 51.3 Å². The molecule has 1 saturated heterocycles. The van der Waals surface area contributed by atoms with Gasteiger partial charge in [0.1, 0.15) is 10.1 Å². The van der Waals surface area contributed by atoms with E-state index in [1.54, 1.807) is 49.5 Å². The molecule has 1 heterocycles. The second kappa shape index (κ2) is 10.8. The zero-order valence-electron chi connectivity index (χ0n) is 17.6. The largest absolute Gasteiger partial charge is 0.494 e. The number of anilines is 1. The van der Waals surface area contributed by atoms with Crippen molar-refractivity contribution in [3.8, 4) is 17.2 Å². The van der Waals surface area contributed by atoms with Crippen molar-refractivity contribution in [1.29, 1.82) is 0 Å². The number of likely N-dealkylation sites (N-methyl/N-ethyl adjacent to an activating group) is 1. The van der Waals surface area contributed by atoms with Crippen molar-refractivity contribution in [1.82, 2.24) is 4.90 Å². The van der Waals surface area contributed by atoms with E-state index in [0.29, 0.717) is 37.5 Å². The van der Waals surface area contributed by atoms with Gasteiger partial charge in [0.2, 0.25) is 0 Å². The van der Waals surface area contributed by atoms with Gasteiger partial charge in [0.05, 0.1) is 23.1 Å².